The minimum Gasteiger partial charge on any atom is -0.463 e. The number of fused-ring (bicyclic) bond motifs is 5. The summed E-state index contributed by atoms with van der Waals surface area (Å²) in [7, 11) is 0. The highest BCUT2D eigenvalue weighted by molar-refractivity contribution is 5.86. The van der Waals surface area contributed by atoms with Crippen LogP contribution in [0.5, 0.6) is 0 Å². The molecule has 2 aromatic rings. The summed E-state index contributed by atoms with van der Waals surface area (Å²) in [6.45, 7) is 4.42. The third kappa shape index (κ3) is 2.47. The average molecular weight is 310 g/mol. The smallest absolute Gasteiger partial charge is 0.330 e. The van der Waals surface area contributed by atoms with E-state index in [9.17, 15) is 4.79 Å². The van der Waals surface area contributed by atoms with Gasteiger partial charge in [-0.15, -0.1) is 0 Å². The number of hydrogen-bond acceptors (Lipinski definition) is 3. The Balaban J connectivity index is 1.79. The van der Waals surface area contributed by atoms with E-state index >= 15 is 0 Å². The summed E-state index contributed by atoms with van der Waals surface area (Å²) in [6.07, 6.45) is 4.87. The van der Waals surface area contributed by atoms with E-state index in [-0.39, 0.29) is 12.0 Å². The van der Waals surface area contributed by atoms with E-state index in [0.29, 0.717) is 6.61 Å². The molecule has 2 aliphatic heterocycles. The van der Waals surface area contributed by atoms with E-state index < -0.39 is 0 Å². The Morgan fingerprint density at radius 2 is 2.22 bits per heavy atom. The van der Waals surface area contributed by atoms with Gasteiger partial charge < -0.3 is 9.72 Å². The van der Waals surface area contributed by atoms with E-state index in [1.165, 1.54) is 27.7 Å². The van der Waals surface area contributed by atoms with Crippen LogP contribution in [0.1, 0.15) is 37.1 Å². The van der Waals surface area contributed by atoms with Gasteiger partial charge in [-0.25, -0.2) is 4.79 Å². The summed E-state index contributed by atoms with van der Waals surface area (Å²) in [4.78, 5) is 18.1. The van der Waals surface area contributed by atoms with Crippen LogP contribution in [0.25, 0.3) is 10.9 Å². The number of piperidine rings is 1. The van der Waals surface area contributed by atoms with Crippen molar-refractivity contribution in [2.24, 2.45) is 0 Å². The summed E-state index contributed by atoms with van der Waals surface area (Å²) in [6, 6.07) is 8.69. The first-order valence-electron chi connectivity index (χ1n) is 8.48. The lowest BCUT2D eigenvalue weighted by molar-refractivity contribution is -0.137. The van der Waals surface area contributed by atoms with Crippen molar-refractivity contribution in [3.05, 3.63) is 47.2 Å². The lowest BCUT2D eigenvalue weighted by Crippen LogP contribution is -2.40. The molecule has 0 radical (unpaired) electrons. The number of nitrogens with zero attached hydrogens (tertiary/aromatic N) is 1. The monoisotopic (exact) mass is 310 g/mol. The first-order chi connectivity index (χ1) is 11.3. The summed E-state index contributed by atoms with van der Waals surface area (Å²) in [5.41, 5.74) is 5.06. The summed E-state index contributed by atoms with van der Waals surface area (Å²) >= 11 is 0. The quantitative estimate of drug-likeness (QED) is 0.683. The number of ether oxygens (including phenoxy) is 1. The van der Waals surface area contributed by atoms with Crippen LogP contribution in [0.15, 0.2) is 35.9 Å². The second-order valence-corrected chi connectivity index (χ2v) is 6.33. The van der Waals surface area contributed by atoms with Crippen LogP contribution in [0.2, 0.25) is 0 Å². The van der Waals surface area contributed by atoms with Gasteiger partial charge in [0.25, 0.3) is 0 Å². The van der Waals surface area contributed by atoms with Crippen molar-refractivity contribution in [3.8, 4) is 0 Å². The van der Waals surface area contributed by atoms with E-state index in [4.69, 9.17) is 4.74 Å². The largest absolute Gasteiger partial charge is 0.463 e. The number of H-pyrrole nitrogens is 1. The number of carbonyl (C=O) groups excluding carboxylic acids is 1. The third-order valence-electron chi connectivity index (χ3n) is 4.99. The molecule has 0 spiro atoms. The zero-order valence-corrected chi connectivity index (χ0v) is 13.5. The first kappa shape index (κ1) is 14.5. The molecule has 1 aromatic carbocycles. The van der Waals surface area contributed by atoms with Crippen LogP contribution in [-0.4, -0.2) is 35.5 Å². The lowest BCUT2D eigenvalue weighted by atomic mass is 9.86. The van der Waals surface area contributed by atoms with Crippen molar-refractivity contribution in [1.82, 2.24) is 9.88 Å². The average Bonchev–Trinajstić information content (AvgIpc) is 2.94. The van der Waals surface area contributed by atoms with Crippen molar-refractivity contribution in [2.75, 3.05) is 19.7 Å². The topological polar surface area (TPSA) is 45.3 Å². The van der Waals surface area contributed by atoms with E-state index in [1.807, 2.05) is 6.92 Å². The molecule has 0 bridgehead atoms. The van der Waals surface area contributed by atoms with Gasteiger partial charge in [-0.3, -0.25) is 4.90 Å². The number of hydrogen-bond donors (Lipinski definition) is 1. The number of para-hydroxylation sites is 1. The van der Waals surface area contributed by atoms with E-state index in [2.05, 4.69) is 34.1 Å². The number of rotatable bonds is 2. The Labute approximate surface area is 136 Å². The molecule has 4 rings (SSSR count). The van der Waals surface area contributed by atoms with Crippen LogP contribution >= 0.6 is 0 Å². The molecule has 1 saturated heterocycles. The fourth-order valence-corrected chi connectivity index (χ4v) is 4.06. The molecule has 1 fully saturated rings. The fraction of sp³-hybridized carbons (Fsp3) is 0.421. The number of aromatic nitrogens is 1. The maximum absolute atomic E-state index is 11.9. The minimum atomic E-state index is -0.215. The molecule has 23 heavy (non-hydrogen) atoms. The summed E-state index contributed by atoms with van der Waals surface area (Å²) in [5.74, 6) is -0.215. The highest BCUT2D eigenvalue weighted by Gasteiger charge is 2.35. The lowest BCUT2D eigenvalue weighted by Gasteiger charge is -2.40. The summed E-state index contributed by atoms with van der Waals surface area (Å²) < 4.78 is 5.13. The normalized spacial score (nSPS) is 22.8. The van der Waals surface area contributed by atoms with Crippen LogP contribution in [0.4, 0.5) is 0 Å². The molecule has 3 heterocycles. The SMILES string of the molecule is CCOC(=O)/C=C1\CCCN2CCc3c([nH]c4ccccc34)C12. The number of esters is 1. The number of benzene rings is 1. The van der Waals surface area contributed by atoms with Crippen LogP contribution in [0.3, 0.4) is 0 Å². The van der Waals surface area contributed by atoms with Crippen molar-refractivity contribution in [3.63, 3.8) is 0 Å². The zero-order valence-electron chi connectivity index (χ0n) is 13.5. The van der Waals surface area contributed by atoms with Gasteiger partial charge in [0.2, 0.25) is 0 Å². The number of nitrogens with one attached hydrogen (secondary N) is 1. The van der Waals surface area contributed by atoms with Gasteiger partial charge >= 0.3 is 5.97 Å². The molecule has 0 saturated carbocycles. The predicted octanol–water partition coefficient (Wildman–Crippen LogP) is 3.35. The predicted molar refractivity (Wildman–Crippen MR) is 90.3 cm³/mol. The Morgan fingerprint density at radius 3 is 3.09 bits per heavy atom. The molecule has 0 amide bonds. The summed E-state index contributed by atoms with van der Waals surface area (Å²) in [5, 5.41) is 1.32. The molecular formula is C19H22N2O2. The molecule has 4 nitrogen and oxygen atoms in total. The van der Waals surface area contributed by atoms with Gasteiger partial charge in [0, 0.05) is 29.2 Å². The molecule has 1 aromatic heterocycles. The zero-order chi connectivity index (χ0) is 15.8. The van der Waals surface area contributed by atoms with Crippen molar-refractivity contribution < 1.29 is 9.53 Å². The van der Waals surface area contributed by atoms with Gasteiger partial charge in [0.1, 0.15) is 0 Å². The second kappa shape index (κ2) is 5.85. The van der Waals surface area contributed by atoms with Gasteiger partial charge in [-0.2, -0.15) is 0 Å². The van der Waals surface area contributed by atoms with Gasteiger partial charge in [-0.05, 0) is 49.9 Å². The van der Waals surface area contributed by atoms with Crippen LogP contribution in [-0.2, 0) is 16.0 Å². The van der Waals surface area contributed by atoms with Crippen molar-refractivity contribution >= 4 is 16.9 Å². The van der Waals surface area contributed by atoms with Crippen LogP contribution < -0.4 is 0 Å². The fourth-order valence-electron chi connectivity index (χ4n) is 4.06. The van der Waals surface area contributed by atoms with Gasteiger partial charge in [0.15, 0.2) is 0 Å². The molecule has 1 atom stereocenters. The molecular weight excluding hydrogens is 288 g/mol. The maximum Gasteiger partial charge on any atom is 0.330 e. The first-order valence-corrected chi connectivity index (χ1v) is 8.48. The molecule has 0 aliphatic carbocycles. The molecule has 120 valence electrons. The Kier molecular flexibility index (Phi) is 3.69. The highest BCUT2D eigenvalue weighted by Crippen LogP contribution is 2.42. The number of aromatic amines is 1. The maximum atomic E-state index is 11.9. The third-order valence-corrected chi connectivity index (χ3v) is 4.99. The Bertz CT molecular complexity index is 775. The van der Waals surface area contributed by atoms with Crippen molar-refractivity contribution in [2.45, 2.75) is 32.2 Å². The molecule has 1 N–H and O–H groups in total. The van der Waals surface area contributed by atoms with Crippen LogP contribution in [0, 0.1) is 0 Å². The van der Waals surface area contributed by atoms with Crippen molar-refractivity contribution in [1.29, 1.82) is 0 Å². The molecule has 4 heteroatoms. The minimum absolute atomic E-state index is 0.198. The van der Waals surface area contributed by atoms with E-state index in [0.717, 1.165) is 32.4 Å². The van der Waals surface area contributed by atoms with Gasteiger partial charge in [0.05, 0.1) is 12.6 Å². The molecule has 2 aliphatic rings. The van der Waals surface area contributed by atoms with E-state index in [1.54, 1.807) is 6.08 Å². The Hall–Kier alpha value is -2.07. The Morgan fingerprint density at radius 1 is 1.35 bits per heavy atom. The molecule has 1 unspecified atom stereocenters. The highest BCUT2D eigenvalue weighted by atomic mass is 16.5. The standard InChI is InChI=1S/C19H22N2O2/c1-2-23-17(22)12-13-6-5-10-21-11-9-15-14-7-3-4-8-16(14)20-18(15)19(13)21/h3-4,7-8,12,19-20H,2,5-6,9-11H2,1H3/b13-12+. The van der Waals surface area contributed by atoms with Gasteiger partial charge in [-0.1, -0.05) is 18.2 Å². The number of carbonyl (C=O) groups is 1. The second-order valence-electron chi connectivity index (χ2n) is 6.33.